The number of rotatable bonds is 2. The quantitative estimate of drug-likeness (QED) is 0.711. The topological polar surface area (TPSA) is 64.1 Å². The molecule has 0 aliphatic heterocycles. The van der Waals surface area contributed by atoms with Crippen molar-refractivity contribution in [3.63, 3.8) is 0 Å². The third-order valence-electron chi connectivity index (χ3n) is 1.92. The van der Waals surface area contributed by atoms with E-state index in [4.69, 9.17) is 0 Å². The lowest BCUT2D eigenvalue weighted by Crippen LogP contribution is -2.12. The molecule has 0 fully saturated rings. The van der Waals surface area contributed by atoms with Gasteiger partial charge in [0, 0.05) is 7.05 Å². The van der Waals surface area contributed by atoms with Crippen LogP contribution in [0.5, 0.6) is 0 Å². The van der Waals surface area contributed by atoms with E-state index in [0.29, 0.717) is 5.82 Å². The molecule has 5 heteroatoms. The third-order valence-corrected chi connectivity index (χ3v) is 1.92. The molecule has 0 aromatic carbocycles. The monoisotopic (exact) mass is 195 g/mol. The molecule has 0 aliphatic carbocycles. The number of anilines is 1. The fourth-order valence-electron chi connectivity index (χ4n) is 1.02. The summed E-state index contributed by atoms with van der Waals surface area (Å²) in [7, 11) is 3.00. The number of carbonyl (C=O) groups excluding carboxylic acids is 1. The molecular formula is C9H13N3O2. The van der Waals surface area contributed by atoms with E-state index in [1.165, 1.54) is 7.11 Å². The minimum Gasteiger partial charge on any atom is -0.464 e. The molecule has 0 atom stereocenters. The molecule has 5 nitrogen and oxygen atoms in total. The van der Waals surface area contributed by atoms with Gasteiger partial charge in [-0.1, -0.05) is 0 Å². The van der Waals surface area contributed by atoms with Gasteiger partial charge in [-0.05, 0) is 13.8 Å². The van der Waals surface area contributed by atoms with E-state index in [2.05, 4.69) is 20.0 Å². The number of ether oxygens (including phenoxy) is 1. The van der Waals surface area contributed by atoms with Crippen LogP contribution in [0, 0.1) is 13.8 Å². The maximum Gasteiger partial charge on any atom is 0.360 e. The normalized spacial score (nSPS) is 9.71. The number of nitrogens with zero attached hydrogens (tertiary/aromatic N) is 2. The summed E-state index contributed by atoms with van der Waals surface area (Å²) in [5, 5.41) is 2.80. The molecule has 0 unspecified atom stereocenters. The summed E-state index contributed by atoms with van der Waals surface area (Å²) in [5.41, 5.74) is 1.74. The molecule has 1 aromatic heterocycles. The van der Waals surface area contributed by atoms with Gasteiger partial charge in [0.05, 0.1) is 18.5 Å². The maximum absolute atomic E-state index is 11.3. The van der Waals surface area contributed by atoms with Crippen LogP contribution in [-0.2, 0) is 4.74 Å². The lowest BCUT2D eigenvalue weighted by Gasteiger charge is -2.08. The highest BCUT2D eigenvalue weighted by molar-refractivity contribution is 5.92. The summed E-state index contributed by atoms with van der Waals surface area (Å²) < 4.78 is 4.59. The molecule has 0 saturated carbocycles. The minimum atomic E-state index is -0.482. The Hall–Kier alpha value is -1.65. The van der Waals surface area contributed by atoms with Crippen molar-refractivity contribution in [2.75, 3.05) is 19.5 Å². The molecule has 0 spiro atoms. The average Bonchev–Trinajstić information content (AvgIpc) is 2.20. The van der Waals surface area contributed by atoms with E-state index in [9.17, 15) is 4.79 Å². The SMILES string of the molecule is CNc1nc(C)c(C)nc1C(=O)OC. The maximum atomic E-state index is 11.3. The molecule has 1 N–H and O–H groups in total. The first-order valence-electron chi connectivity index (χ1n) is 4.21. The van der Waals surface area contributed by atoms with Gasteiger partial charge in [0.1, 0.15) is 0 Å². The largest absolute Gasteiger partial charge is 0.464 e. The number of aromatic nitrogens is 2. The molecule has 0 amide bonds. The molecule has 1 rings (SSSR count). The van der Waals surface area contributed by atoms with Crippen molar-refractivity contribution in [1.29, 1.82) is 0 Å². The van der Waals surface area contributed by atoms with Gasteiger partial charge in [-0.15, -0.1) is 0 Å². The predicted octanol–water partition coefficient (Wildman–Crippen LogP) is 0.922. The average molecular weight is 195 g/mol. The molecule has 1 heterocycles. The first-order valence-corrected chi connectivity index (χ1v) is 4.21. The number of nitrogens with one attached hydrogen (secondary N) is 1. The van der Waals surface area contributed by atoms with E-state index in [1.54, 1.807) is 14.0 Å². The van der Waals surface area contributed by atoms with Gasteiger partial charge >= 0.3 is 5.97 Å². The lowest BCUT2D eigenvalue weighted by atomic mass is 10.3. The fraction of sp³-hybridized carbons (Fsp3) is 0.444. The number of aryl methyl sites for hydroxylation is 2. The highest BCUT2D eigenvalue weighted by atomic mass is 16.5. The molecule has 0 saturated heterocycles. The molecule has 1 aromatic rings. The minimum absolute atomic E-state index is 0.220. The van der Waals surface area contributed by atoms with Crippen LogP contribution in [0.1, 0.15) is 21.9 Å². The van der Waals surface area contributed by atoms with Gasteiger partial charge in [-0.3, -0.25) is 0 Å². The van der Waals surface area contributed by atoms with Gasteiger partial charge in [0.25, 0.3) is 0 Å². The van der Waals surface area contributed by atoms with Crippen LogP contribution in [0.15, 0.2) is 0 Å². The van der Waals surface area contributed by atoms with Crippen molar-refractivity contribution in [2.45, 2.75) is 13.8 Å². The smallest absolute Gasteiger partial charge is 0.360 e. The predicted molar refractivity (Wildman–Crippen MR) is 52.4 cm³/mol. The van der Waals surface area contributed by atoms with Gasteiger partial charge in [0.15, 0.2) is 11.5 Å². The zero-order valence-corrected chi connectivity index (χ0v) is 8.71. The summed E-state index contributed by atoms with van der Waals surface area (Å²) in [6, 6.07) is 0. The summed E-state index contributed by atoms with van der Waals surface area (Å²) in [4.78, 5) is 19.6. The van der Waals surface area contributed by atoms with Gasteiger partial charge in [0.2, 0.25) is 0 Å². The van der Waals surface area contributed by atoms with Crippen LogP contribution in [0.2, 0.25) is 0 Å². The zero-order valence-electron chi connectivity index (χ0n) is 8.71. The first-order chi connectivity index (χ1) is 6.60. The second kappa shape index (κ2) is 4.04. The number of esters is 1. The van der Waals surface area contributed by atoms with Gasteiger partial charge in [-0.2, -0.15) is 0 Å². The number of carbonyl (C=O) groups is 1. The lowest BCUT2D eigenvalue weighted by molar-refractivity contribution is 0.0594. The number of hydrogen-bond donors (Lipinski definition) is 1. The number of methoxy groups -OCH3 is 1. The van der Waals surface area contributed by atoms with E-state index < -0.39 is 5.97 Å². The van der Waals surface area contributed by atoms with Crippen molar-refractivity contribution in [1.82, 2.24) is 9.97 Å². The molecule has 14 heavy (non-hydrogen) atoms. The van der Waals surface area contributed by atoms with Crippen LogP contribution in [0.4, 0.5) is 5.82 Å². The van der Waals surface area contributed by atoms with Crippen LogP contribution in [-0.4, -0.2) is 30.1 Å². The molecule has 0 aliphatic rings. The second-order valence-corrected chi connectivity index (χ2v) is 2.83. The highest BCUT2D eigenvalue weighted by Crippen LogP contribution is 2.13. The Kier molecular flexibility index (Phi) is 3.01. The van der Waals surface area contributed by atoms with Crippen molar-refractivity contribution < 1.29 is 9.53 Å². The first kappa shape index (κ1) is 10.4. The van der Waals surface area contributed by atoms with E-state index in [-0.39, 0.29) is 5.69 Å². The van der Waals surface area contributed by atoms with E-state index in [0.717, 1.165) is 11.4 Å². The molecular weight excluding hydrogens is 182 g/mol. The Labute approximate surface area is 82.5 Å². The van der Waals surface area contributed by atoms with Crippen molar-refractivity contribution >= 4 is 11.8 Å². The van der Waals surface area contributed by atoms with Gasteiger partial charge < -0.3 is 10.1 Å². The molecule has 0 bridgehead atoms. The van der Waals surface area contributed by atoms with Crippen LogP contribution in [0.3, 0.4) is 0 Å². The summed E-state index contributed by atoms with van der Waals surface area (Å²) in [6.45, 7) is 3.64. The third kappa shape index (κ3) is 1.81. The Bertz CT molecular complexity index is 363. The van der Waals surface area contributed by atoms with E-state index >= 15 is 0 Å². The van der Waals surface area contributed by atoms with E-state index in [1.807, 2.05) is 6.92 Å². The Morgan fingerprint density at radius 2 is 1.86 bits per heavy atom. The Balaban J connectivity index is 3.27. The van der Waals surface area contributed by atoms with Crippen LogP contribution < -0.4 is 5.32 Å². The van der Waals surface area contributed by atoms with Crippen molar-refractivity contribution in [2.24, 2.45) is 0 Å². The second-order valence-electron chi connectivity index (χ2n) is 2.83. The van der Waals surface area contributed by atoms with Crippen LogP contribution in [0.25, 0.3) is 0 Å². The summed E-state index contributed by atoms with van der Waals surface area (Å²) in [5.74, 6) is -0.0371. The fourth-order valence-corrected chi connectivity index (χ4v) is 1.02. The molecule has 76 valence electrons. The molecule has 0 radical (unpaired) electrons. The summed E-state index contributed by atoms with van der Waals surface area (Å²) in [6.07, 6.45) is 0. The number of hydrogen-bond acceptors (Lipinski definition) is 5. The highest BCUT2D eigenvalue weighted by Gasteiger charge is 2.15. The van der Waals surface area contributed by atoms with Crippen molar-refractivity contribution in [3.05, 3.63) is 17.1 Å². The van der Waals surface area contributed by atoms with Crippen LogP contribution >= 0.6 is 0 Å². The standard InChI is InChI=1S/C9H13N3O2/c1-5-6(2)12-8(10-3)7(11-5)9(13)14-4/h1-4H3,(H,10,12). The Morgan fingerprint density at radius 3 is 2.36 bits per heavy atom. The van der Waals surface area contributed by atoms with Crippen molar-refractivity contribution in [3.8, 4) is 0 Å². The Morgan fingerprint density at radius 1 is 1.29 bits per heavy atom. The summed E-state index contributed by atoms with van der Waals surface area (Å²) >= 11 is 0. The van der Waals surface area contributed by atoms with Gasteiger partial charge in [-0.25, -0.2) is 14.8 Å². The zero-order chi connectivity index (χ0) is 10.7.